The molecule has 0 saturated carbocycles. The Hall–Kier alpha value is -2.22. The van der Waals surface area contributed by atoms with Crippen molar-refractivity contribution in [2.45, 2.75) is 19.5 Å². The molecule has 1 aromatic heterocycles. The zero-order chi connectivity index (χ0) is 19.3. The quantitative estimate of drug-likeness (QED) is 0.782. The van der Waals surface area contributed by atoms with Crippen LogP contribution in [0.15, 0.2) is 40.9 Å². The molecule has 7 heteroatoms. The maximum atomic E-state index is 13.4. The second-order valence-electron chi connectivity index (χ2n) is 7.49. The van der Waals surface area contributed by atoms with E-state index < -0.39 is 0 Å². The molecule has 2 fully saturated rings. The SMILES string of the molecule is Cc1cc(CN2CCN([C@@H](C(=O)N3CCOCC3)c3ccccc3)CC2)no1. The van der Waals surface area contributed by atoms with Crippen molar-refractivity contribution < 1.29 is 14.1 Å². The number of carbonyl (C=O) groups excluding carboxylic acids is 1. The van der Waals surface area contributed by atoms with Crippen molar-refractivity contribution in [2.75, 3.05) is 52.5 Å². The third kappa shape index (κ3) is 4.43. The molecule has 2 aliphatic rings. The van der Waals surface area contributed by atoms with Gasteiger partial charge in [0.25, 0.3) is 0 Å². The van der Waals surface area contributed by atoms with Gasteiger partial charge in [0, 0.05) is 51.9 Å². The minimum absolute atomic E-state index is 0.190. The number of hydrogen-bond donors (Lipinski definition) is 0. The lowest BCUT2D eigenvalue weighted by molar-refractivity contribution is -0.142. The highest BCUT2D eigenvalue weighted by atomic mass is 16.5. The van der Waals surface area contributed by atoms with Crippen LogP contribution in [0.25, 0.3) is 0 Å². The zero-order valence-electron chi connectivity index (χ0n) is 16.4. The Morgan fingerprint density at radius 3 is 2.43 bits per heavy atom. The van der Waals surface area contributed by atoms with E-state index in [4.69, 9.17) is 9.26 Å². The fraction of sp³-hybridized carbons (Fsp3) is 0.524. The molecule has 2 aromatic rings. The maximum Gasteiger partial charge on any atom is 0.244 e. The van der Waals surface area contributed by atoms with Crippen LogP contribution in [-0.4, -0.2) is 78.2 Å². The van der Waals surface area contributed by atoms with Crippen LogP contribution >= 0.6 is 0 Å². The van der Waals surface area contributed by atoms with Crippen molar-refractivity contribution in [3.05, 3.63) is 53.4 Å². The molecule has 1 amide bonds. The Bertz CT molecular complexity index is 765. The third-order valence-electron chi connectivity index (χ3n) is 5.51. The molecular formula is C21H28N4O3. The molecule has 0 unspecified atom stereocenters. The minimum atomic E-state index is -0.226. The number of morpholine rings is 1. The highest BCUT2D eigenvalue weighted by molar-refractivity contribution is 5.83. The average molecular weight is 384 g/mol. The van der Waals surface area contributed by atoms with Gasteiger partial charge in [0.1, 0.15) is 11.8 Å². The van der Waals surface area contributed by atoms with E-state index in [0.29, 0.717) is 26.3 Å². The van der Waals surface area contributed by atoms with Gasteiger partial charge in [-0.25, -0.2) is 0 Å². The molecule has 28 heavy (non-hydrogen) atoms. The Labute approximate surface area is 165 Å². The number of carbonyl (C=O) groups is 1. The molecule has 1 aromatic carbocycles. The summed E-state index contributed by atoms with van der Waals surface area (Å²) in [5.74, 6) is 1.03. The summed E-state index contributed by atoms with van der Waals surface area (Å²) >= 11 is 0. The van der Waals surface area contributed by atoms with Crippen LogP contribution in [0, 0.1) is 6.92 Å². The fourth-order valence-electron chi connectivity index (χ4n) is 4.00. The molecule has 0 spiro atoms. The van der Waals surface area contributed by atoms with E-state index in [1.807, 2.05) is 36.1 Å². The van der Waals surface area contributed by atoms with Crippen LogP contribution in [0.4, 0.5) is 0 Å². The Morgan fingerprint density at radius 1 is 1.07 bits per heavy atom. The number of piperazine rings is 1. The molecule has 0 bridgehead atoms. The molecule has 0 radical (unpaired) electrons. The van der Waals surface area contributed by atoms with Gasteiger partial charge < -0.3 is 14.2 Å². The number of aryl methyl sites for hydroxylation is 1. The van der Waals surface area contributed by atoms with Crippen LogP contribution in [0.2, 0.25) is 0 Å². The van der Waals surface area contributed by atoms with Gasteiger partial charge in [-0.1, -0.05) is 35.5 Å². The lowest BCUT2D eigenvalue weighted by atomic mass is 10.0. The number of rotatable bonds is 5. The molecule has 2 saturated heterocycles. The van der Waals surface area contributed by atoms with Crippen molar-refractivity contribution >= 4 is 5.91 Å². The summed E-state index contributed by atoms with van der Waals surface area (Å²) in [6.45, 7) is 8.82. The van der Waals surface area contributed by atoms with E-state index in [-0.39, 0.29) is 11.9 Å². The number of hydrogen-bond acceptors (Lipinski definition) is 6. The number of aromatic nitrogens is 1. The first-order chi connectivity index (χ1) is 13.7. The average Bonchev–Trinajstić information content (AvgIpc) is 3.15. The third-order valence-corrected chi connectivity index (χ3v) is 5.51. The summed E-state index contributed by atoms with van der Waals surface area (Å²) in [5, 5.41) is 4.10. The van der Waals surface area contributed by atoms with Gasteiger partial charge in [-0.2, -0.15) is 0 Å². The van der Waals surface area contributed by atoms with E-state index >= 15 is 0 Å². The van der Waals surface area contributed by atoms with Crippen LogP contribution in [0.3, 0.4) is 0 Å². The predicted octanol–water partition coefficient (Wildman–Crippen LogP) is 1.70. The van der Waals surface area contributed by atoms with Gasteiger partial charge in [-0.05, 0) is 12.5 Å². The number of nitrogens with zero attached hydrogens (tertiary/aromatic N) is 4. The first kappa shape index (κ1) is 19.1. The predicted molar refractivity (Wildman–Crippen MR) is 105 cm³/mol. The fourth-order valence-corrected chi connectivity index (χ4v) is 4.00. The maximum absolute atomic E-state index is 13.4. The molecule has 1 atom stereocenters. The minimum Gasteiger partial charge on any atom is -0.378 e. The molecule has 7 nitrogen and oxygen atoms in total. The summed E-state index contributed by atoms with van der Waals surface area (Å²) in [6.07, 6.45) is 0. The molecule has 4 rings (SSSR count). The monoisotopic (exact) mass is 384 g/mol. The van der Waals surface area contributed by atoms with Crippen LogP contribution in [0.1, 0.15) is 23.1 Å². The Balaban J connectivity index is 1.44. The van der Waals surface area contributed by atoms with E-state index in [2.05, 4.69) is 27.1 Å². The molecular weight excluding hydrogens is 356 g/mol. The second-order valence-corrected chi connectivity index (χ2v) is 7.49. The smallest absolute Gasteiger partial charge is 0.244 e. The van der Waals surface area contributed by atoms with Gasteiger partial charge in [-0.3, -0.25) is 14.6 Å². The lowest BCUT2D eigenvalue weighted by Crippen LogP contribution is -2.52. The van der Waals surface area contributed by atoms with Crippen molar-refractivity contribution in [1.82, 2.24) is 19.9 Å². The molecule has 2 aliphatic heterocycles. The van der Waals surface area contributed by atoms with Crippen molar-refractivity contribution in [3.8, 4) is 0 Å². The first-order valence-electron chi connectivity index (χ1n) is 10.0. The van der Waals surface area contributed by atoms with Crippen LogP contribution < -0.4 is 0 Å². The topological polar surface area (TPSA) is 62.0 Å². The van der Waals surface area contributed by atoms with Gasteiger partial charge >= 0.3 is 0 Å². The van der Waals surface area contributed by atoms with Crippen molar-refractivity contribution in [3.63, 3.8) is 0 Å². The Kier molecular flexibility index (Phi) is 6.04. The number of ether oxygens (including phenoxy) is 1. The summed E-state index contributed by atoms with van der Waals surface area (Å²) in [7, 11) is 0. The van der Waals surface area contributed by atoms with E-state index in [9.17, 15) is 4.79 Å². The Morgan fingerprint density at radius 2 is 1.79 bits per heavy atom. The number of benzene rings is 1. The van der Waals surface area contributed by atoms with Crippen molar-refractivity contribution in [1.29, 1.82) is 0 Å². The lowest BCUT2D eigenvalue weighted by Gasteiger charge is -2.40. The molecule has 0 N–H and O–H groups in total. The van der Waals surface area contributed by atoms with E-state index in [1.54, 1.807) is 0 Å². The van der Waals surface area contributed by atoms with Gasteiger partial charge in [0.2, 0.25) is 5.91 Å². The van der Waals surface area contributed by atoms with Crippen LogP contribution in [-0.2, 0) is 16.1 Å². The standard InChI is InChI=1S/C21H28N4O3/c1-17-15-19(22-28-17)16-23-7-9-24(10-8-23)20(18-5-3-2-4-6-18)21(26)25-11-13-27-14-12-25/h2-6,15,20H,7-14,16H2,1H3/t20-/m1/s1. The zero-order valence-corrected chi connectivity index (χ0v) is 16.4. The van der Waals surface area contributed by atoms with Crippen molar-refractivity contribution in [2.24, 2.45) is 0 Å². The van der Waals surface area contributed by atoms with Gasteiger partial charge in [0.05, 0.1) is 18.9 Å². The largest absolute Gasteiger partial charge is 0.378 e. The molecule has 3 heterocycles. The first-order valence-corrected chi connectivity index (χ1v) is 10.0. The highest BCUT2D eigenvalue weighted by Crippen LogP contribution is 2.25. The second kappa shape index (κ2) is 8.86. The summed E-state index contributed by atoms with van der Waals surface area (Å²) in [5.41, 5.74) is 2.04. The van der Waals surface area contributed by atoms with E-state index in [0.717, 1.165) is 49.7 Å². The molecule has 150 valence electrons. The summed E-state index contributed by atoms with van der Waals surface area (Å²) < 4.78 is 10.6. The van der Waals surface area contributed by atoms with Gasteiger partial charge in [0.15, 0.2) is 0 Å². The number of amides is 1. The molecule has 0 aliphatic carbocycles. The van der Waals surface area contributed by atoms with E-state index in [1.165, 1.54) is 0 Å². The summed E-state index contributed by atoms with van der Waals surface area (Å²) in [6, 6.07) is 11.9. The normalized spacial score (nSPS) is 20.2. The van der Waals surface area contributed by atoms with Crippen LogP contribution in [0.5, 0.6) is 0 Å². The van der Waals surface area contributed by atoms with Gasteiger partial charge in [-0.15, -0.1) is 0 Å². The highest BCUT2D eigenvalue weighted by Gasteiger charge is 2.34. The summed E-state index contributed by atoms with van der Waals surface area (Å²) in [4.78, 5) is 20.0.